The molecule has 2 heterocycles. The topological polar surface area (TPSA) is 45.9 Å². The molecule has 2 aromatic rings. The Hall–Kier alpha value is -2.23. The zero-order valence-corrected chi connectivity index (χ0v) is 9.63. The number of aromatic nitrogens is 2. The van der Waals surface area contributed by atoms with Gasteiger partial charge in [0.15, 0.2) is 12.4 Å². The zero-order chi connectivity index (χ0) is 12.1. The number of amides is 1. The van der Waals surface area contributed by atoms with Gasteiger partial charge in [0.1, 0.15) is 0 Å². The molecule has 86 valence electrons. The number of hydrogen-bond acceptors (Lipinski definition) is 2. The number of aryl methyl sites for hydroxylation is 1. The summed E-state index contributed by atoms with van der Waals surface area (Å²) in [6.07, 6.45) is 7.84. The molecular formula is C13H14N3O+. The Morgan fingerprint density at radius 1 is 1.24 bits per heavy atom. The number of nitrogens with one attached hydrogen (secondary N) is 1. The van der Waals surface area contributed by atoms with Crippen LogP contribution < -0.4 is 10.1 Å². The summed E-state index contributed by atoms with van der Waals surface area (Å²) in [5.74, 6) is -0.151. The molecule has 2 aromatic heterocycles. The van der Waals surface area contributed by atoms with Crippen LogP contribution in [-0.2, 0) is 6.42 Å². The predicted molar refractivity (Wildman–Crippen MR) is 63.9 cm³/mol. The second kappa shape index (κ2) is 5.21. The maximum Gasteiger partial charge on any atom is 0.305 e. The van der Waals surface area contributed by atoms with Crippen molar-refractivity contribution in [1.29, 1.82) is 0 Å². The van der Waals surface area contributed by atoms with Gasteiger partial charge in [-0.15, -0.1) is 5.43 Å². The van der Waals surface area contributed by atoms with Crippen molar-refractivity contribution in [3.8, 4) is 0 Å². The lowest BCUT2D eigenvalue weighted by Gasteiger charge is -1.99. The van der Waals surface area contributed by atoms with E-state index in [0.717, 1.165) is 6.42 Å². The van der Waals surface area contributed by atoms with Crippen LogP contribution in [0.5, 0.6) is 0 Å². The molecule has 0 aromatic carbocycles. The first kappa shape index (κ1) is 11.3. The average molecular weight is 228 g/mol. The molecule has 0 saturated carbocycles. The summed E-state index contributed by atoms with van der Waals surface area (Å²) in [7, 11) is 0. The van der Waals surface area contributed by atoms with Gasteiger partial charge in [-0.25, -0.2) is 0 Å². The summed E-state index contributed by atoms with van der Waals surface area (Å²) in [5, 5.41) is 0. The molecule has 4 heteroatoms. The molecule has 1 amide bonds. The fourth-order valence-electron chi connectivity index (χ4n) is 1.45. The monoisotopic (exact) mass is 228 g/mol. The van der Waals surface area contributed by atoms with E-state index < -0.39 is 0 Å². The normalized spacial score (nSPS) is 9.94. The summed E-state index contributed by atoms with van der Waals surface area (Å²) in [4.78, 5) is 15.7. The van der Waals surface area contributed by atoms with Gasteiger partial charge in [0, 0.05) is 30.1 Å². The summed E-state index contributed by atoms with van der Waals surface area (Å²) >= 11 is 0. The quantitative estimate of drug-likeness (QED) is 0.805. The minimum absolute atomic E-state index is 0.151. The van der Waals surface area contributed by atoms with Crippen LogP contribution in [0.4, 0.5) is 0 Å². The third-order valence-corrected chi connectivity index (χ3v) is 2.48. The lowest BCUT2D eigenvalue weighted by atomic mass is 10.2. The molecule has 0 atom stereocenters. The molecule has 0 spiro atoms. The van der Waals surface area contributed by atoms with E-state index in [2.05, 4.69) is 17.3 Å². The van der Waals surface area contributed by atoms with E-state index in [1.807, 2.05) is 24.5 Å². The highest BCUT2D eigenvalue weighted by molar-refractivity contribution is 5.98. The minimum atomic E-state index is -0.151. The summed E-state index contributed by atoms with van der Waals surface area (Å²) in [6.45, 7) is 2.09. The first-order valence-corrected chi connectivity index (χ1v) is 5.51. The average Bonchev–Trinajstić information content (AvgIpc) is 2.40. The molecule has 0 radical (unpaired) electrons. The Morgan fingerprint density at radius 2 is 1.88 bits per heavy atom. The first-order valence-electron chi connectivity index (χ1n) is 5.51. The zero-order valence-electron chi connectivity index (χ0n) is 9.63. The Morgan fingerprint density at radius 3 is 2.47 bits per heavy atom. The van der Waals surface area contributed by atoms with Crippen LogP contribution in [0.3, 0.4) is 0 Å². The van der Waals surface area contributed by atoms with Crippen LogP contribution in [0, 0.1) is 0 Å². The SMILES string of the molecule is CCc1cc[n+](NC(=O)c2ccncc2)cc1. The van der Waals surface area contributed by atoms with E-state index >= 15 is 0 Å². The van der Waals surface area contributed by atoms with Crippen LogP contribution >= 0.6 is 0 Å². The van der Waals surface area contributed by atoms with Gasteiger partial charge in [-0.05, 0) is 24.1 Å². The number of hydrogen-bond donors (Lipinski definition) is 1. The van der Waals surface area contributed by atoms with Crippen LogP contribution in [0.25, 0.3) is 0 Å². The Bertz CT molecular complexity index is 494. The third kappa shape index (κ3) is 2.87. The molecule has 0 unspecified atom stereocenters. The van der Waals surface area contributed by atoms with Crippen molar-refractivity contribution in [2.75, 3.05) is 5.43 Å². The highest BCUT2D eigenvalue weighted by Gasteiger charge is 2.09. The molecule has 0 aliphatic carbocycles. The third-order valence-electron chi connectivity index (χ3n) is 2.48. The molecule has 4 nitrogen and oxygen atoms in total. The Kier molecular flexibility index (Phi) is 3.45. The first-order chi connectivity index (χ1) is 8.29. The fourth-order valence-corrected chi connectivity index (χ4v) is 1.45. The van der Waals surface area contributed by atoms with Crippen molar-refractivity contribution >= 4 is 5.91 Å². The van der Waals surface area contributed by atoms with Crippen molar-refractivity contribution in [2.24, 2.45) is 0 Å². The van der Waals surface area contributed by atoms with E-state index in [1.54, 1.807) is 29.2 Å². The van der Waals surface area contributed by atoms with Gasteiger partial charge in [0.2, 0.25) is 0 Å². The second-order valence-corrected chi connectivity index (χ2v) is 3.64. The van der Waals surface area contributed by atoms with E-state index in [-0.39, 0.29) is 5.91 Å². The summed E-state index contributed by atoms with van der Waals surface area (Å²) in [6, 6.07) is 7.31. The number of carbonyl (C=O) groups excluding carboxylic acids is 1. The van der Waals surface area contributed by atoms with Gasteiger partial charge in [-0.2, -0.15) is 0 Å². The van der Waals surface area contributed by atoms with Crippen molar-refractivity contribution < 1.29 is 9.47 Å². The fraction of sp³-hybridized carbons (Fsp3) is 0.154. The maximum absolute atomic E-state index is 11.8. The van der Waals surface area contributed by atoms with Gasteiger partial charge in [0.05, 0.1) is 0 Å². The van der Waals surface area contributed by atoms with Crippen LogP contribution in [0.1, 0.15) is 22.8 Å². The Labute approximate surface area is 99.9 Å². The number of rotatable bonds is 3. The van der Waals surface area contributed by atoms with E-state index in [4.69, 9.17) is 0 Å². The van der Waals surface area contributed by atoms with Crippen LogP contribution in [-0.4, -0.2) is 10.9 Å². The van der Waals surface area contributed by atoms with Gasteiger partial charge >= 0.3 is 5.91 Å². The second-order valence-electron chi connectivity index (χ2n) is 3.64. The molecule has 0 bridgehead atoms. The molecule has 0 aliphatic rings. The van der Waals surface area contributed by atoms with Crippen molar-refractivity contribution in [3.63, 3.8) is 0 Å². The van der Waals surface area contributed by atoms with E-state index in [1.165, 1.54) is 5.56 Å². The standard InChI is InChI=1S/C13H13N3O/c1-2-11-5-9-16(10-6-11)15-13(17)12-3-7-14-8-4-12/h3-10H,2H2,1H3/p+1. The molecular weight excluding hydrogens is 214 g/mol. The predicted octanol–water partition coefficient (Wildman–Crippen LogP) is 1.32. The van der Waals surface area contributed by atoms with Gasteiger partial charge in [0.25, 0.3) is 0 Å². The number of nitrogens with zero attached hydrogens (tertiary/aromatic N) is 2. The van der Waals surface area contributed by atoms with Gasteiger partial charge < -0.3 is 0 Å². The van der Waals surface area contributed by atoms with Crippen molar-refractivity contribution in [2.45, 2.75) is 13.3 Å². The maximum atomic E-state index is 11.8. The molecule has 0 saturated heterocycles. The lowest BCUT2D eigenvalue weighted by Crippen LogP contribution is -2.47. The van der Waals surface area contributed by atoms with Crippen molar-refractivity contribution in [3.05, 3.63) is 60.2 Å². The molecule has 0 aliphatic heterocycles. The largest absolute Gasteiger partial charge is 0.305 e. The molecule has 0 fully saturated rings. The lowest BCUT2D eigenvalue weighted by molar-refractivity contribution is -0.641. The van der Waals surface area contributed by atoms with Crippen molar-refractivity contribution in [1.82, 2.24) is 4.98 Å². The van der Waals surface area contributed by atoms with Gasteiger partial charge in [-0.3, -0.25) is 9.78 Å². The van der Waals surface area contributed by atoms with Crippen LogP contribution in [0.2, 0.25) is 0 Å². The Balaban J connectivity index is 2.08. The molecule has 1 N–H and O–H groups in total. The summed E-state index contributed by atoms with van der Waals surface area (Å²) < 4.78 is 1.64. The molecule has 17 heavy (non-hydrogen) atoms. The summed E-state index contributed by atoms with van der Waals surface area (Å²) in [5.41, 5.74) is 4.58. The van der Waals surface area contributed by atoms with Crippen LogP contribution in [0.15, 0.2) is 49.1 Å². The van der Waals surface area contributed by atoms with E-state index in [0.29, 0.717) is 5.56 Å². The number of carbonyl (C=O) groups is 1. The van der Waals surface area contributed by atoms with Gasteiger partial charge in [-0.1, -0.05) is 11.6 Å². The molecule has 2 rings (SSSR count). The highest BCUT2D eigenvalue weighted by Crippen LogP contribution is 1.96. The minimum Gasteiger partial charge on any atom is -0.265 e. The smallest absolute Gasteiger partial charge is 0.265 e. The highest BCUT2D eigenvalue weighted by atomic mass is 16.2. The van der Waals surface area contributed by atoms with E-state index in [9.17, 15) is 4.79 Å². The number of pyridine rings is 2.